The van der Waals surface area contributed by atoms with Crippen molar-refractivity contribution in [3.8, 4) is 5.75 Å². The van der Waals surface area contributed by atoms with Crippen LogP contribution in [0.4, 0.5) is 18.9 Å². The van der Waals surface area contributed by atoms with Gasteiger partial charge in [-0.3, -0.25) is 10.1 Å². The Hall–Kier alpha value is -1.79. The van der Waals surface area contributed by atoms with Crippen LogP contribution in [0.5, 0.6) is 5.75 Å². The Labute approximate surface area is 88.8 Å². The highest BCUT2D eigenvalue weighted by atomic mass is 19.4. The maximum Gasteiger partial charge on any atom is 0.573 e. The van der Waals surface area contributed by atoms with Crippen molar-refractivity contribution < 1.29 is 22.8 Å². The lowest BCUT2D eigenvalue weighted by atomic mass is 10.1. The standard InChI is InChI=1S/C9H8F3NO3/c1-5-3-7(13(14)15)8(4-6(5)2)16-9(10,11)12/h3-4H,1-2H3. The molecule has 0 bridgehead atoms. The molecule has 0 spiro atoms. The smallest absolute Gasteiger partial charge is 0.398 e. The normalized spacial score (nSPS) is 11.3. The van der Waals surface area contributed by atoms with E-state index in [1.807, 2.05) is 0 Å². The van der Waals surface area contributed by atoms with Gasteiger partial charge in [-0.25, -0.2) is 0 Å². The molecule has 1 aromatic rings. The van der Waals surface area contributed by atoms with Crippen LogP contribution in [0.2, 0.25) is 0 Å². The summed E-state index contributed by atoms with van der Waals surface area (Å²) in [6.07, 6.45) is -4.94. The molecule has 0 unspecified atom stereocenters. The third-order valence-electron chi connectivity index (χ3n) is 2.00. The van der Waals surface area contributed by atoms with E-state index >= 15 is 0 Å². The molecule has 1 rings (SSSR count). The van der Waals surface area contributed by atoms with Gasteiger partial charge < -0.3 is 4.74 Å². The van der Waals surface area contributed by atoms with E-state index in [1.54, 1.807) is 13.8 Å². The number of alkyl halides is 3. The topological polar surface area (TPSA) is 52.4 Å². The lowest BCUT2D eigenvalue weighted by Crippen LogP contribution is -2.18. The fourth-order valence-corrected chi connectivity index (χ4v) is 1.12. The second-order valence-corrected chi connectivity index (χ2v) is 3.21. The molecule has 0 aliphatic carbocycles. The summed E-state index contributed by atoms with van der Waals surface area (Å²) in [5, 5.41) is 10.5. The van der Waals surface area contributed by atoms with Crippen molar-refractivity contribution in [2.75, 3.05) is 0 Å². The maximum absolute atomic E-state index is 12.0. The molecule has 1 aromatic carbocycles. The second-order valence-electron chi connectivity index (χ2n) is 3.21. The number of benzene rings is 1. The molecular weight excluding hydrogens is 227 g/mol. The number of nitro benzene ring substituents is 1. The van der Waals surface area contributed by atoms with Crippen molar-refractivity contribution in [1.82, 2.24) is 0 Å². The quantitative estimate of drug-likeness (QED) is 0.584. The average Bonchev–Trinajstić information content (AvgIpc) is 2.07. The van der Waals surface area contributed by atoms with Crippen LogP contribution >= 0.6 is 0 Å². The minimum absolute atomic E-state index is 0.491. The Balaban J connectivity index is 3.25. The average molecular weight is 235 g/mol. The fraction of sp³-hybridized carbons (Fsp3) is 0.333. The van der Waals surface area contributed by atoms with Gasteiger partial charge in [0.05, 0.1) is 4.92 Å². The monoisotopic (exact) mass is 235 g/mol. The van der Waals surface area contributed by atoms with Gasteiger partial charge >= 0.3 is 12.0 Å². The molecule has 88 valence electrons. The van der Waals surface area contributed by atoms with Crippen molar-refractivity contribution in [2.24, 2.45) is 0 Å². The molecule has 0 fully saturated rings. The van der Waals surface area contributed by atoms with Gasteiger partial charge in [0.25, 0.3) is 0 Å². The molecule has 4 nitrogen and oxygen atoms in total. The van der Waals surface area contributed by atoms with Crippen molar-refractivity contribution in [3.63, 3.8) is 0 Å². The van der Waals surface area contributed by atoms with E-state index in [2.05, 4.69) is 4.74 Å². The molecule has 16 heavy (non-hydrogen) atoms. The Morgan fingerprint density at radius 1 is 1.25 bits per heavy atom. The van der Waals surface area contributed by atoms with E-state index in [-0.39, 0.29) is 0 Å². The molecule has 0 heterocycles. The van der Waals surface area contributed by atoms with Crippen molar-refractivity contribution in [2.45, 2.75) is 20.2 Å². The third-order valence-corrected chi connectivity index (χ3v) is 2.00. The number of halogens is 3. The molecule has 7 heteroatoms. The number of rotatable bonds is 2. The molecule has 0 atom stereocenters. The number of ether oxygens (including phenoxy) is 1. The summed E-state index contributed by atoms with van der Waals surface area (Å²) >= 11 is 0. The molecule has 0 saturated carbocycles. The Morgan fingerprint density at radius 2 is 1.75 bits per heavy atom. The highest BCUT2D eigenvalue weighted by molar-refractivity contribution is 5.51. The molecule has 0 aromatic heterocycles. The van der Waals surface area contributed by atoms with E-state index in [0.29, 0.717) is 11.1 Å². The number of nitrogens with zero attached hydrogens (tertiary/aromatic N) is 1. The van der Waals surface area contributed by atoms with E-state index in [9.17, 15) is 23.3 Å². The minimum atomic E-state index is -4.94. The first kappa shape index (κ1) is 12.3. The number of hydrogen-bond acceptors (Lipinski definition) is 3. The largest absolute Gasteiger partial charge is 0.573 e. The van der Waals surface area contributed by atoms with E-state index < -0.39 is 22.7 Å². The number of nitro groups is 1. The van der Waals surface area contributed by atoms with Crippen LogP contribution in [0.15, 0.2) is 12.1 Å². The highest BCUT2D eigenvalue weighted by Gasteiger charge is 2.34. The number of aryl methyl sites for hydroxylation is 2. The first-order chi connectivity index (χ1) is 7.20. The van der Waals surface area contributed by atoms with E-state index in [4.69, 9.17) is 0 Å². The predicted molar refractivity (Wildman–Crippen MR) is 49.3 cm³/mol. The lowest BCUT2D eigenvalue weighted by Gasteiger charge is -2.10. The summed E-state index contributed by atoms with van der Waals surface area (Å²) in [4.78, 5) is 9.62. The van der Waals surface area contributed by atoms with Gasteiger partial charge in [0.15, 0.2) is 0 Å². The first-order valence-corrected chi connectivity index (χ1v) is 4.22. The van der Waals surface area contributed by atoms with Gasteiger partial charge in [0.1, 0.15) is 0 Å². The molecule has 0 N–H and O–H groups in total. The summed E-state index contributed by atoms with van der Waals surface area (Å²) in [7, 11) is 0. The molecule has 0 radical (unpaired) electrons. The van der Waals surface area contributed by atoms with Crippen LogP contribution in [0.25, 0.3) is 0 Å². The number of hydrogen-bond donors (Lipinski definition) is 0. The summed E-state index contributed by atoms with van der Waals surface area (Å²) in [5.41, 5.74) is 0.325. The van der Waals surface area contributed by atoms with Gasteiger partial charge in [0, 0.05) is 6.07 Å². The minimum Gasteiger partial charge on any atom is -0.398 e. The van der Waals surface area contributed by atoms with Crippen LogP contribution < -0.4 is 4.74 Å². The van der Waals surface area contributed by atoms with Crippen LogP contribution in [0.3, 0.4) is 0 Å². The van der Waals surface area contributed by atoms with Crippen molar-refractivity contribution >= 4 is 5.69 Å². The molecular formula is C9H8F3NO3. The highest BCUT2D eigenvalue weighted by Crippen LogP contribution is 2.34. The third kappa shape index (κ3) is 2.85. The molecule has 0 amide bonds. The summed E-state index contributed by atoms with van der Waals surface area (Å²) < 4.78 is 39.5. The van der Waals surface area contributed by atoms with Crippen LogP contribution in [-0.4, -0.2) is 11.3 Å². The first-order valence-electron chi connectivity index (χ1n) is 4.22. The van der Waals surface area contributed by atoms with E-state index in [1.165, 1.54) is 0 Å². The van der Waals surface area contributed by atoms with E-state index in [0.717, 1.165) is 12.1 Å². The summed E-state index contributed by atoms with van der Waals surface area (Å²) in [6.45, 7) is 3.11. The van der Waals surface area contributed by atoms with Gasteiger partial charge in [0.2, 0.25) is 5.75 Å². The lowest BCUT2D eigenvalue weighted by molar-refractivity contribution is -0.388. The summed E-state index contributed by atoms with van der Waals surface area (Å²) in [6, 6.07) is 2.05. The van der Waals surface area contributed by atoms with Gasteiger partial charge in [-0.15, -0.1) is 13.2 Å². The Bertz CT molecular complexity index is 429. The summed E-state index contributed by atoms with van der Waals surface area (Å²) in [5.74, 6) is -0.791. The Morgan fingerprint density at radius 3 is 2.19 bits per heavy atom. The molecule has 0 saturated heterocycles. The zero-order chi connectivity index (χ0) is 12.5. The SMILES string of the molecule is Cc1cc(OC(F)(F)F)c([N+](=O)[O-])cc1C. The second kappa shape index (κ2) is 3.99. The Kier molecular flexibility index (Phi) is 3.06. The fourth-order valence-electron chi connectivity index (χ4n) is 1.12. The van der Waals surface area contributed by atoms with Crippen molar-refractivity contribution in [1.29, 1.82) is 0 Å². The van der Waals surface area contributed by atoms with Crippen LogP contribution in [-0.2, 0) is 0 Å². The van der Waals surface area contributed by atoms with Gasteiger partial charge in [-0.1, -0.05) is 0 Å². The van der Waals surface area contributed by atoms with Crippen LogP contribution in [0.1, 0.15) is 11.1 Å². The van der Waals surface area contributed by atoms with Crippen molar-refractivity contribution in [3.05, 3.63) is 33.4 Å². The molecule has 0 aliphatic heterocycles. The zero-order valence-electron chi connectivity index (χ0n) is 8.46. The van der Waals surface area contributed by atoms with Gasteiger partial charge in [-0.05, 0) is 31.0 Å². The van der Waals surface area contributed by atoms with Gasteiger partial charge in [-0.2, -0.15) is 0 Å². The maximum atomic E-state index is 12.0. The predicted octanol–water partition coefficient (Wildman–Crippen LogP) is 3.11. The van der Waals surface area contributed by atoms with Crippen LogP contribution in [0, 0.1) is 24.0 Å². The zero-order valence-corrected chi connectivity index (χ0v) is 8.46. The molecule has 0 aliphatic rings.